The maximum atomic E-state index is 11.6. The second kappa shape index (κ2) is 8.12. The second-order valence-corrected chi connectivity index (χ2v) is 6.28. The lowest BCUT2D eigenvalue weighted by molar-refractivity contribution is -0.125. The van der Waals surface area contributed by atoms with E-state index in [2.05, 4.69) is 34.6 Å². The number of methoxy groups -OCH3 is 1. The van der Waals surface area contributed by atoms with Crippen LogP contribution in [0.4, 0.5) is 0 Å². The molecule has 1 amide bonds. The number of rotatable bonds is 7. The fourth-order valence-electron chi connectivity index (χ4n) is 2.22. The molecule has 0 saturated carbocycles. The first-order valence-electron chi connectivity index (χ1n) is 7.37. The predicted octanol–water partition coefficient (Wildman–Crippen LogP) is 2.24. The molecule has 2 rings (SSSR count). The van der Waals surface area contributed by atoms with E-state index in [9.17, 15) is 4.79 Å². The number of nitrogens with one attached hydrogen (secondary N) is 1. The second-order valence-electron chi connectivity index (χ2n) is 5.34. The lowest BCUT2D eigenvalue weighted by Gasteiger charge is -2.13. The molecule has 2 aromatic rings. The summed E-state index contributed by atoms with van der Waals surface area (Å²) in [6, 6.07) is 8.08. The Bertz CT molecular complexity index is 672. The summed E-state index contributed by atoms with van der Waals surface area (Å²) in [5.74, 6) is 1.39. The molecule has 1 heterocycles. The van der Waals surface area contributed by atoms with Gasteiger partial charge in [0.25, 0.3) is 0 Å². The number of benzene rings is 1. The van der Waals surface area contributed by atoms with Crippen LogP contribution in [0.3, 0.4) is 0 Å². The third-order valence-electron chi connectivity index (χ3n) is 3.53. The fourth-order valence-corrected chi connectivity index (χ4v) is 3.22. The Morgan fingerprint density at radius 2 is 2.13 bits per heavy atom. The van der Waals surface area contributed by atoms with Gasteiger partial charge in [0, 0.05) is 19.9 Å². The molecule has 124 valence electrons. The first-order chi connectivity index (χ1) is 11.0. The van der Waals surface area contributed by atoms with Crippen LogP contribution in [0.25, 0.3) is 0 Å². The summed E-state index contributed by atoms with van der Waals surface area (Å²) < 4.78 is 6.73. The number of nitrogens with zero attached hydrogens (tertiary/aromatic N) is 3. The van der Waals surface area contributed by atoms with E-state index in [0.717, 1.165) is 16.7 Å². The van der Waals surface area contributed by atoms with Crippen LogP contribution >= 0.6 is 11.8 Å². The molecule has 0 fully saturated rings. The SMILES string of the molecule is COCC(=O)NC(C)c1nnc(SCc2ccccc2C)n1C. The fraction of sp³-hybridized carbons (Fsp3) is 0.438. The summed E-state index contributed by atoms with van der Waals surface area (Å²) >= 11 is 1.63. The van der Waals surface area contributed by atoms with Crippen LogP contribution in [0.15, 0.2) is 29.4 Å². The number of ether oxygens (including phenoxy) is 1. The van der Waals surface area contributed by atoms with Crippen molar-refractivity contribution in [2.75, 3.05) is 13.7 Å². The van der Waals surface area contributed by atoms with Crippen LogP contribution in [-0.4, -0.2) is 34.4 Å². The molecular formula is C16H22N4O2S. The predicted molar refractivity (Wildman–Crippen MR) is 90.2 cm³/mol. The molecule has 1 aromatic heterocycles. The summed E-state index contributed by atoms with van der Waals surface area (Å²) in [4.78, 5) is 11.6. The average molecular weight is 334 g/mol. The minimum Gasteiger partial charge on any atom is -0.375 e. The van der Waals surface area contributed by atoms with Gasteiger partial charge in [0.05, 0.1) is 6.04 Å². The van der Waals surface area contributed by atoms with Crippen molar-refractivity contribution in [2.45, 2.75) is 30.8 Å². The highest BCUT2D eigenvalue weighted by molar-refractivity contribution is 7.98. The largest absolute Gasteiger partial charge is 0.375 e. The van der Waals surface area contributed by atoms with Gasteiger partial charge in [-0.25, -0.2) is 0 Å². The minimum absolute atomic E-state index is 0.0388. The molecule has 0 aliphatic heterocycles. The highest BCUT2D eigenvalue weighted by Gasteiger charge is 2.17. The van der Waals surface area contributed by atoms with Crippen molar-refractivity contribution in [3.05, 3.63) is 41.2 Å². The van der Waals surface area contributed by atoms with Crippen molar-refractivity contribution in [1.29, 1.82) is 0 Å². The maximum Gasteiger partial charge on any atom is 0.246 e. The Hall–Kier alpha value is -1.86. The number of thioether (sulfide) groups is 1. The molecule has 0 radical (unpaired) electrons. The van der Waals surface area contributed by atoms with Crippen molar-refractivity contribution < 1.29 is 9.53 Å². The number of carbonyl (C=O) groups excluding carboxylic acids is 1. The van der Waals surface area contributed by atoms with Gasteiger partial charge < -0.3 is 14.6 Å². The zero-order valence-electron chi connectivity index (χ0n) is 13.9. The molecule has 0 bridgehead atoms. The van der Waals surface area contributed by atoms with Gasteiger partial charge in [-0.2, -0.15) is 0 Å². The molecule has 0 spiro atoms. The van der Waals surface area contributed by atoms with Crippen molar-refractivity contribution in [3.63, 3.8) is 0 Å². The van der Waals surface area contributed by atoms with E-state index < -0.39 is 0 Å². The molecule has 0 aliphatic rings. The summed E-state index contributed by atoms with van der Waals surface area (Å²) in [6.07, 6.45) is 0. The molecule has 7 heteroatoms. The molecule has 1 aromatic carbocycles. The first-order valence-corrected chi connectivity index (χ1v) is 8.36. The first kappa shape index (κ1) is 17.5. The van der Waals surface area contributed by atoms with Crippen molar-refractivity contribution in [1.82, 2.24) is 20.1 Å². The van der Waals surface area contributed by atoms with Gasteiger partial charge >= 0.3 is 0 Å². The van der Waals surface area contributed by atoms with Crippen molar-refractivity contribution >= 4 is 17.7 Å². The Morgan fingerprint density at radius 3 is 2.83 bits per heavy atom. The average Bonchev–Trinajstić information content (AvgIpc) is 2.88. The Kier molecular flexibility index (Phi) is 6.18. The standard InChI is InChI=1S/C16H22N4O2S/c1-11-7-5-6-8-13(11)10-23-16-19-18-15(20(16)3)12(2)17-14(21)9-22-4/h5-8,12H,9-10H2,1-4H3,(H,17,21). The van der Waals surface area contributed by atoms with Crippen LogP contribution in [0.5, 0.6) is 0 Å². The maximum absolute atomic E-state index is 11.6. The minimum atomic E-state index is -0.219. The summed E-state index contributed by atoms with van der Waals surface area (Å²) in [5, 5.41) is 12.1. The third-order valence-corrected chi connectivity index (χ3v) is 4.60. The van der Waals surface area contributed by atoms with Gasteiger partial charge in [-0.15, -0.1) is 10.2 Å². The molecule has 0 saturated heterocycles. The normalized spacial score (nSPS) is 12.2. The van der Waals surface area contributed by atoms with Gasteiger partial charge in [0.1, 0.15) is 6.61 Å². The number of hydrogen-bond donors (Lipinski definition) is 1. The number of carbonyl (C=O) groups is 1. The van der Waals surface area contributed by atoms with Crippen LogP contribution in [0.1, 0.15) is 29.9 Å². The van der Waals surface area contributed by atoms with Crippen LogP contribution in [0.2, 0.25) is 0 Å². The smallest absolute Gasteiger partial charge is 0.246 e. The Labute approximate surface area is 140 Å². The quantitative estimate of drug-likeness (QED) is 0.787. The lowest BCUT2D eigenvalue weighted by atomic mass is 10.1. The summed E-state index contributed by atoms with van der Waals surface area (Å²) in [6.45, 7) is 4.02. The third kappa shape index (κ3) is 4.56. The van der Waals surface area contributed by atoms with Crippen LogP contribution < -0.4 is 5.32 Å². The van der Waals surface area contributed by atoms with Gasteiger partial charge in [0.2, 0.25) is 5.91 Å². The van der Waals surface area contributed by atoms with Crippen LogP contribution in [-0.2, 0) is 22.3 Å². The van der Waals surface area contributed by atoms with Crippen molar-refractivity contribution in [3.8, 4) is 0 Å². The zero-order chi connectivity index (χ0) is 16.8. The Morgan fingerprint density at radius 1 is 1.39 bits per heavy atom. The molecule has 6 nitrogen and oxygen atoms in total. The van der Waals surface area contributed by atoms with E-state index in [0.29, 0.717) is 0 Å². The van der Waals surface area contributed by atoms with Gasteiger partial charge in [0.15, 0.2) is 11.0 Å². The van der Waals surface area contributed by atoms with E-state index in [-0.39, 0.29) is 18.6 Å². The van der Waals surface area contributed by atoms with Gasteiger partial charge in [-0.3, -0.25) is 4.79 Å². The molecule has 1 atom stereocenters. The van der Waals surface area contributed by atoms with Gasteiger partial charge in [-0.1, -0.05) is 36.0 Å². The van der Waals surface area contributed by atoms with Crippen LogP contribution in [0, 0.1) is 6.92 Å². The molecule has 1 N–H and O–H groups in total. The number of hydrogen-bond acceptors (Lipinski definition) is 5. The summed E-state index contributed by atoms with van der Waals surface area (Å²) in [5.41, 5.74) is 2.55. The summed E-state index contributed by atoms with van der Waals surface area (Å²) in [7, 11) is 3.40. The highest BCUT2D eigenvalue weighted by atomic mass is 32.2. The highest BCUT2D eigenvalue weighted by Crippen LogP contribution is 2.24. The van der Waals surface area contributed by atoms with Crippen molar-refractivity contribution in [2.24, 2.45) is 7.05 Å². The van der Waals surface area contributed by atoms with Gasteiger partial charge in [-0.05, 0) is 25.0 Å². The number of amides is 1. The molecular weight excluding hydrogens is 312 g/mol. The Balaban J connectivity index is 2.01. The molecule has 23 heavy (non-hydrogen) atoms. The van der Waals surface area contributed by atoms with E-state index >= 15 is 0 Å². The zero-order valence-corrected chi connectivity index (χ0v) is 14.7. The topological polar surface area (TPSA) is 69.0 Å². The van der Waals surface area contributed by atoms with E-state index in [1.54, 1.807) is 11.8 Å². The monoisotopic (exact) mass is 334 g/mol. The van der Waals surface area contributed by atoms with E-state index in [1.807, 2.05) is 30.7 Å². The van der Waals surface area contributed by atoms with E-state index in [1.165, 1.54) is 18.2 Å². The lowest BCUT2D eigenvalue weighted by Crippen LogP contribution is -2.31. The van der Waals surface area contributed by atoms with E-state index in [4.69, 9.17) is 4.74 Å². The molecule has 0 aliphatic carbocycles. The molecule has 1 unspecified atom stereocenters. The number of aromatic nitrogens is 3. The number of aryl methyl sites for hydroxylation is 1.